The Morgan fingerprint density at radius 2 is 0.618 bits per heavy atom. The van der Waals surface area contributed by atoms with Crippen LogP contribution in [0, 0.1) is 51.0 Å². The summed E-state index contributed by atoms with van der Waals surface area (Å²) in [6, 6.07) is -23.0. The van der Waals surface area contributed by atoms with Crippen LogP contribution in [0.5, 0.6) is 0 Å². The Kier molecular flexibility index (Phi) is 19.2. The Morgan fingerprint density at radius 3 is 0.861 bits per heavy atom. The quantitative estimate of drug-likeness (QED) is 0.00969. The lowest BCUT2D eigenvalue weighted by Crippen LogP contribution is -2.33. The average molecular weight is 2130 g/mol. The molecule has 0 unspecified atom stereocenters. The molecule has 40 nitrogen and oxygen atoms in total. The first-order valence-electron chi connectivity index (χ1n) is 69.5. The molecule has 48 heteroatoms. The first kappa shape index (κ1) is 58.4. The van der Waals surface area contributed by atoms with Crippen LogP contribution < -0.4 is 21.3 Å². The fraction of sp³-hybridized carbons (Fsp3) is 0.583. The third kappa shape index (κ3) is 23.8. The van der Waals surface area contributed by atoms with Crippen LogP contribution in [0.4, 0.5) is 40.8 Å². The molecule has 0 radical (unpaired) electrons. The summed E-state index contributed by atoms with van der Waals surface area (Å²) in [7, 11) is 0. The van der Waals surface area contributed by atoms with E-state index in [1.807, 2.05) is 0 Å². The molecule has 8 aromatic heterocycles. The number of nitrogens with zero attached hydrogens (tertiary/aromatic N) is 20. The van der Waals surface area contributed by atoms with Gasteiger partial charge in [0.05, 0.1) is 150 Å². The second kappa shape index (κ2) is 47.3. The zero-order chi connectivity index (χ0) is 148. The summed E-state index contributed by atoms with van der Waals surface area (Å²) in [5.74, 6) is -7.46. The fourth-order valence-electron chi connectivity index (χ4n) is 14.1. The number of halogens is 4. The second-order valence-electron chi connectivity index (χ2n) is 31.5. The lowest BCUT2D eigenvalue weighted by Gasteiger charge is -2.17. The molecule has 8 aliphatic rings. The molecule has 20 rings (SSSR count). The molecule has 0 spiro atoms. The molecule has 16 N–H and O–H groups in total. The van der Waals surface area contributed by atoms with Gasteiger partial charge in [0.15, 0.2) is 88.6 Å². The summed E-state index contributed by atoms with van der Waals surface area (Å²) in [6.07, 6.45) is -63.4. The lowest BCUT2D eigenvalue weighted by atomic mass is 10.1. The van der Waals surface area contributed by atoms with E-state index in [2.05, 4.69) is 107 Å². The SMILES string of the molecule is [2H]c1c([2H])c([C@@H]2C[C@H]2Nc2nc(SC([2H])([2H])CC)nc3c2nnn3[C@]2([2H])C([2H])([2H])[C@]([2H])(OC([2H])([2H])C([2H])([2H])O)[C@@]([2H])(O)[C@@]2([2H])O)c([2H])c(F)c1C.[2H]c1c([2H])c([C@@H]2C[C@H]2Nc2nc(SC([2H])([2H])CC)nc3c2nnn3[C@]2([2H])C([2H])([2H])[C@]([2H])(OC([2H])([2H])CO)[C@@]([2H])(O)[C@@]2([2H])O)c([2H])c(F)c1C.[2H]c1c([2H])c([C@@H]2C[C@H]2Nc2nc(SC([2H])([2H])CC)nc3c2nnn3[C@]2([2H])C([2H])([2H])[C@]([2H])(OCC([2H])([2H])O)[C@@]([2H])(O)[C@@]2([2H])O)c([2H])c(F)c1C.[2H]c1c([2H])c([C@@H]2C[C@H]2Nc2nc(SC([2H])([2H])CC)nc3c2nnn3[C@]2([2H])C([2H])([2H])[C@]([2H])(OCCO)[C@@]([2H])(O)[C@@]2([2H])O)c([2H])c(F)c1C. The molecular weight excluding hydrogens is 1950 g/mol. The number of anilines is 4. The summed E-state index contributed by atoms with van der Waals surface area (Å²) in [6.45, 7) is -8.10. The first-order valence-corrected chi connectivity index (χ1v) is 46.8. The van der Waals surface area contributed by atoms with Gasteiger partial charge in [0, 0.05) is 118 Å². The molecule has 144 heavy (non-hydrogen) atoms. The summed E-state index contributed by atoms with van der Waals surface area (Å²) in [4.78, 5) is 33.7. The number of fused-ring (bicyclic) bond motifs is 4. The van der Waals surface area contributed by atoms with Crippen molar-refractivity contribution in [3.8, 4) is 0 Å². The van der Waals surface area contributed by atoms with Gasteiger partial charge in [0.1, 0.15) is 71.9 Å². The van der Waals surface area contributed by atoms with Gasteiger partial charge in [-0.1, -0.05) is 144 Å². The highest BCUT2D eigenvalue weighted by atomic mass is 32.2. The number of rotatable bonds is 40. The third-order valence-corrected chi connectivity index (χ3v) is 24.8. The molecule has 8 heterocycles. The standard InChI is InChI=1S/4C24H31FN6O4S/c4*1-3-8-36-24-27-22(26-16-10-14(16)13-5-4-12(2)15(25)9-13)19-23(28-24)31(30-29-19)17-11-18(35-7-6-32)21(34)20(17)33/h4*4-5,9,14,16-18,20-21,32-34H,3,6-8,10-11H2,1-2H3,(H,26,27,28)/t4*14-,16+,17+,18-,20-,21+/m0000/s1/i4D,5D,6D2,7D2,8D2,9D,11D2,17D,18D,20D,21D;4D,5D,7D2,8D2,9D,11D2,17D,18D,20D,21D;4D,5D,6D2,8D2,9D,11D2,17D,18D,20D,21D;4D,5D,8D2,9D,11D2,17D,18D,20D,21D. The van der Waals surface area contributed by atoms with Crippen molar-refractivity contribution in [2.75, 3.05) is 96.8 Å². The highest BCUT2D eigenvalue weighted by molar-refractivity contribution is 7.99. The number of aromatic nitrogens is 20. The largest absolute Gasteiger partial charge is 0.394 e. The van der Waals surface area contributed by atoms with Crippen LogP contribution in [0.1, 0.15) is 268 Å². The Morgan fingerprint density at radius 1 is 0.361 bits per heavy atom. The molecule has 0 saturated heterocycles. The van der Waals surface area contributed by atoms with Crippen LogP contribution in [0.2, 0.25) is 0 Å². The van der Waals surface area contributed by atoms with Crippen LogP contribution in [0.3, 0.4) is 0 Å². The Labute approximate surface area is 916 Å². The first-order chi connectivity index (χ1) is 89.0. The molecule has 4 aromatic carbocycles. The zero-order valence-electron chi connectivity index (χ0n) is 128. The molecule has 8 saturated carbocycles. The van der Waals surface area contributed by atoms with Crippen molar-refractivity contribution in [3.05, 3.63) is 140 Å². The van der Waals surface area contributed by atoms with Gasteiger partial charge >= 0.3 is 0 Å². The van der Waals surface area contributed by atoms with Crippen LogP contribution in [0.15, 0.2) is 93.1 Å². The van der Waals surface area contributed by atoms with Crippen LogP contribution in [-0.4, -0.2) is 334 Å². The maximum absolute atomic E-state index is 14.7. The van der Waals surface area contributed by atoms with Crippen LogP contribution in [0.25, 0.3) is 44.7 Å². The van der Waals surface area contributed by atoms with E-state index >= 15 is 0 Å². The molecule has 12 aromatic rings. The van der Waals surface area contributed by atoms with Gasteiger partial charge in [-0.25, -0.2) is 76.2 Å². The van der Waals surface area contributed by atoms with E-state index in [1.165, 1.54) is 48.5 Å². The molecule has 0 aliphatic heterocycles. The number of hydrogen-bond acceptors (Lipinski definition) is 40. The van der Waals surface area contributed by atoms with Gasteiger partial charge in [0.2, 0.25) is 0 Å². The number of aliphatic hydroxyl groups excluding tert-OH is 2. The van der Waals surface area contributed by atoms with Crippen molar-refractivity contribution >= 4 is 115 Å². The van der Waals surface area contributed by atoms with E-state index in [-0.39, 0.29) is 200 Å². The van der Waals surface area contributed by atoms with E-state index in [4.69, 9.17) is 85.5 Å². The van der Waals surface area contributed by atoms with Crippen molar-refractivity contribution in [2.45, 2.75) is 298 Å². The maximum Gasteiger partial charge on any atom is 0.191 e. The summed E-state index contributed by atoms with van der Waals surface area (Å²) < 4.78 is 510. The summed E-state index contributed by atoms with van der Waals surface area (Å²) >= 11 is 1.90. The summed E-state index contributed by atoms with van der Waals surface area (Å²) in [5, 5.41) is 167. The molecule has 8 aliphatic carbocycles. The number of benzene rings is 4. The van der Waals surface area contributed by atoms with Gasteiger partial charge in [0.25, 0.3) is 0 Å². The number of nitrogens with one attached hydrogen (secondary N) is 4. The minimum absolute atomic E-state index is 0.0191. The Balaban J connectivity index is 0.000000170. The topological polar surface area (TPSA) is 554 Å². The van der Waals surface area contributed by atoms with Crippen LogP contribution >= 0.6 is 47.0 Å². The zero-order valence-corrected chi connectivity index (χ0v) is 79.5. The fourth-order valence-corrected chi connectivity index (χ4v) is 16.2. The number of thioether (sulfide) groups is 4. The second-order valence-corrected chi connectivity index (χ2v) is 35.0. The predicted octanol–water partition coefficient (Wildman–Crippen LogP) is 8.73. The number of ether oxygens (including phenoxy) is 4. The normalized spacial score (nSPS) is 43.2. The van der Waals surface area contributed by atoms with Gasteiger partial charge in [-0.15, -0.1) is 20.4 Å². The minimum atomic E-state index is -4.35. The van der Waals surface area contributed by atoms with E-state index < -0.39 is 345 Å². The van der Waals surface area contributed by atoms with Crippen molar-refractivity contribution in [2.24, 2.45) is 0 Å². The van der Waals surface area contributed by atoms with Gasteiger partial charge in [-0.3, -0.25) is 0 Å². The molecule has 8 fully saturated rings. The molecule has 0 amide bonds. The smallest absolute Gasteiger partial charge is 0.191 e. The monoisotopic (exact) mass is 2130 g/mol. The molecule has 776 valence electrons. The summed E-state index contributed by atoms with van der Waals surface area (Å²) in [5.41, 5.74) is -13.0. The minimum Gasteiger partial charge on any atom is -0.394 e. The molecular formula is C96H124F4N24O16S4. The van der Waals surface area contributed by atoms with Gasteiger partial charge < -0.3 is 101 Å². The van der Waals surface area contributed by atoms with Crippen molar-refractivity contribution in [1.82, 2.24) is 99.8 Å². The van der Waals surface area contributed by atoms with E-state index in [9.17, 15) is 78.8 Å². The maximum atomic E-state index is 14.7. The van der Waals surface area contributed by atoms with Crippen LogP contribution in [-0.2, 0) is 18.9 Å². The van der Waals surface area contributed by atoms with Crippen molar-refractivity contribution in [3.63, 3.8) is 0 Å². The number of aliphatic hydroxyl groups is 12. The van der Waals surface area contributed by atoms with E-state index in [1.54, 1.807) is 6.92 Å². The third-order valence-electron chi connectivity index (χ3n) is 21.6. The highest BCUT2D eigenvalue weighted by Gasteiger charge is 2.51. The predicted molar refractivity (Wildman–Crippen MR) is 530 cm³/mol. The number of hydrogen-bond donors (Lipinski definition) is 16. The van der Waals surface area contributed by atoms with Gasteiger partial charge in [-0.05, 0) is 148 Å². The Hall–Kier alpha value is -9.52. The molecule has 24 atom stereocenters. The highest BCUT2D eigenvalue weighted by Crippen LogP contribution is 2.50. The van der Waals surface area contributed by atoms with Crippen molar-refractivity contribution < 1.29 is 169 Å². The van der Waals surface area contributed by atoms with Gasteiger partial charge in [-0.2, -0.15) is 0 Å². The van der Waals surface area contributed by atoms with E-state index in [0.29, 0.717) is 47.0 Å². The van der Waals surface area contributed by atoms with E-state index in [0.717, 1.165) is 0 Å². The lowest BCUT2D eigenvalue weighted by molar-refractivity contribution is -0.0629. The molecule has 0 bridgehead atoms. The van der Waals surface area contributed by atoms with Crippen molar-refractivity contribution in [1.29, 1.82) is 0 Å². The average Bonchev–Trinajstić information content (AvgIpc) is 1.49. The Bertz CT molecular complexity index is 9300.